The van der Waals surface area contributed by atoms with Gasteiger partial charge in [0.1, 0.15) is 6.10 Å². The van der Waals surface area contributed by atoms with Crippen molar-refractivity contribution in [1.82, 2.24) is 0 Å². The highest BCUT2D eigenvalue weighted by Crippen LogP contribution is 2.35. The van der Waals surface area contributed by atoms with E-state index in [0.717, 1.165) is 29.7 Å². The van der Waals surface area contributed by atoms with Crippen LogP contribution in [0.15, 0.2) is 29.2 Å². The Bertz CT molecular complexity index is 575. The standard InChI is InChI=1S/C18H24O6S/c19-15(20)9-11-4-6-12(7-5-11)25-10-14-13-3-1-2-8-23-18(24-14)17(22)16(13)21/h4-7,13-14,16-18,21-22H,1-3,8-10H2,(H,19,20). The van der Waals surface area contributed by atoms with E-state index in [1.54, 1.807) is 11.8 Å². The Balaban J connectivity index is 1.62. The number of carboxylic acid groups (broad SMARTS) is 1. The Hall–Kier alpha value is -1.12. The van der Waals surface area contributed by atoms with Gasteiger partial charge in [0.2, 0.25) is 0 Å². The number of rotatable bonds is 5. The summed E-state index contributed by atoms with van der Waals surface area (Å²) in [7, 11) is 0. The molecule has 138 valence electrons. The summed E-state index contributed by atoms with van der Waals surface area (Å²) < 4.78 is 11.5. The van der Waals surface area contributed by atoms with Crippen molar-refractivity contribution in [3.63, 3.8) is 0 Å². The summed E-state index contributed by atoms with van der Waals surface area (Å²) in [5.74, 6) is -0.304. The van der Waals surface area contributed by atoms with Crippen molar-refractivity contribution in [3.8, 4) is 0 Å². The summed E-state index contributed by atoms with van der Waals surface area (Å²) in [5, 5.41) is 29.4. The predicted molar refractivity (Wildman–Crippen MR) is 92.5 cm³/mol. The van der Waals surface area contributed by atoms with E-state index in [4.69, 9.17) is 14.6 Å². The summed E-state index contributed by atoms with van der Waals surface area (Å²) in [6.45, 7) is 0.534. The van der Waals surface area contributed by atoms with Crippen LogP contribution < -0.4 is 0 Å². The van der Waals surface area contributed by atoms with E-state index in [9.17, 15) is 15.0 Å². The zero-order chi connectivity index (χ0) is 17.8. The number of carbonyl (C=O) groups is 1. The van der Waals surface area contributed by atoms with E-state index < -0.39 is 24.5 Å². The largest absolute Gasteiger partial charge is 0.481 e. The molecule has 0 amide bonds. The van der Waals surface area contributed by atoms with E-state index >= 15 is 0 Å². The van der Waals surface area contributed by atoms with Crippen LogP contribution in [-0.4, -0.2) is 58.3 Å². The lowest BCUT2D eigenvalue weighted by Gasteiger charge is -2.42. The van der Waals surface area contributed by atoms with Gasteiger partial charge in [-0.15, -0.1) is 11.8 Å². The SMILES string of the molecule is O=C(O)Cc1ccc(SCC2OC3OCCCCC2C(O)C3O)cc1. The third kappa shape index (κ3) is 4.74. The molecular formula is C18H24O6S. The Labute approximate surface area is 151 Å². The van der Waals surface area contributed by atoms with Gasteiger partial charge in [-0.1, -0.05) is 18.6 Å². The number of fused-ring (bicyclic) bond motifs is 6. The third-order valence-corrected chi connectivity index (χ3v) is 5.86. The van der Waals surface area contributed by atoms with Crippen molar-refractivity contribution in [3.05, 3.63) is 29.8 Å². The van der Waals surface area contributed by atoms with Gasteiger partial charge < -0.3 is 24.8 Å². The molecular weight excluding hydrogens is 344 g/mol. The molecule has 3 aliphatic heterocycles. The molecule has 0 aromatic heterocycles. The average molecular weight is 368 g/mol. The van der Waals surface area contributed by atoms with Crippen LogP contribution in [0.25, 0.3) is 0 Å². The van der Waals surface area contributed by atoms with Gasteiger partial charge in [0.25, 0.3) is 0 Å². The fourth-order valence-corrected chi connectivity index (χ4v) is 4.39. The molecule has 2 bridgehead atoms. The highest BCUT2D eigenvalue weighted by molar-refractivity contribution is 7.99. The summed E-state index contributed by atoms with van der Waals surface area (Å²) in [4.78, 5) is 11.7. The van der Waals surface area contributed by atoms with Gasteiger partial charge in [-0.05, 0) is 30.5 Å². The van der Waals surface area contributed by atoms with Gasteiger partial charge in [-0.25, -0.2) is 0 Å². The van der Waals surface area contributed by atoms with Crippen LogP contribution in [-0.2, 0) is 20.7 Å². The van der Waals surface area contributed by atoms with Gasteiger partial charge in [0.15, 0.2) is 6.29 Å². The highest BCUT2D eigenvalue weighted by atomic mass is 32.2. The number of hydrogen-bond acceptors (Lipinski definition) is 6. The Morgan fingerprint density at radius 2 is 1.92 bits per heavy atom. The molecule has 7 heteroatoms. The van der Waals surface area contributed by atoms with Gasteiger partial charge in [-0.3, -0.25) is 4.79 Å². The van der Waals surface area contributed by atoms with Gasteiger partial charge in [-0.2, -0.15) is 0 Å². The number of ether oxygens (including phenoxy) is 2. The van der Waals surface area contributed by atoms with E-state index in [0.29, 0.717) is 12.4 Å². The minimum absolute atomic E-state index is 0.0157. The Morgan fingerprint density at radius 1 is 1.16 bits per heavy atom. The molecule has 1 aromatic carbocycles. The second-order valence-corrected chi connectivity index (χ2v) is 7.67. The molecule has 3 saturated heterocycles. The maximum absolute atomic E-state index is 10.7. The fourth-order valence-electron chi connectivity index (χ4n) is 3.38. The van der Waals surface area contributed by atoms with Crippen molar-refractivity contribution >= 4 is 17.7 Å². The lowest BCUT2D eigenvalue weighted by atomic mass is 9.86. The van der Waals surface area contributed by atoms with Crippen LogP contribution in [0.4, 0.5) is 0 Å². The molecule has 3 N–H and O–H groups in total. The summed E-state index contributed by atoms with van der Waals surface area (Å²) in [5.41, 5.74) is 0.765. The normalized spacial score (nSPS) is 32.6. The molecule has 0 aliphatic carbocycles. The molecule has 3 heterocycles. The lowest BCUT2D eigenvalue weighted by molar-refractivity contribution is -0.277. The third-order valence-electron chi connectivity index (χ3n) is 4.76. The topological polar surface area (TPSA) is 96.2 Å². The smallest absolute Gasteiger partial charge is 0.307 e. The highest BCUT2D eigenvalue weighted by Gasteiger charge is 2.45. The molecule has 25 heavy (non-hydrogen) atoms. The average Bonchev–Trinajstić information content (AvgIpc) is 2.72. The molecule has 0 saturated carbocycles. The summed E-state index contributed by atoms with van der Waals surface area (Å²) >= 11 is 1.60. The molecule has 5 atom stereocenters. The molecule has 3 aliphatic rings. The summed E-state index contributed by atoms with van der Waals surface area (Å²) in [6.07, 6.45) is -0.131. The molecule has 4 rings (SSSR count). The van der Waals surface area contributed by atoms with Gasteiger partial charge >= 0.3 is 5.97 Å². The number of benzene rings is 1. The lowest BCUT2D eigenvalue weighted by Crippen LogP contribution is -2.55. The summed E-state index contributed by atoms with van der Waals surface area (Å²) in [6, 6.07) is 7.43. The number of aliphatic hydroxyl groups excluding tert-OH is 2. The second kappa shape index (κ2) is 8.51. The first-order chi connectivity index (χ1) is 12.0. The number of aliphatic hydroxyl groups is 2. The zero-order valence-corrected chi connectivity index (χ0v) is 14.7. The van der Waals surface area contributed by atoms with Crippen molar-refractivity contribution in [1.29, 1.82) is 0 Å². The quantitative estimate of drug-likeness (QED) is 0.680. The van der Waals surface area contributed by atoms with Crippen LogP contribution in [0.5, 0.6) is 0 Å². The molecule has 3 fully saturated rings. The van der Waals surface area contributed by atoms with Crippen LogP contribution in [0.1, 0.15) is 24.8 Å². The molecule has 0 spiro atoms. The Morgan fingerprint density at radius 3 is 2.64 bits per heavy atom. The van der Waals surface area contributed by atoms with Crippen LogP contribution >= 0.6 is 11.8 Å². The first-order valence-corrected chi connectivity index (χ1v) is 9.60. The first kappa shape index (κ1) is 18.7. The number of hydrogen-bond donors (Lipinski definition) is 3. The van der Waals surface area contributed by atoms with Crippen LogP contribution in [0, 0.1) is 5.92 Å². The van der Waals surface area contributed by atoms with Crippen LogP contribution in [0.3, 0.4) is 0 Å². The molecule has 1 aromatic rings. The van der Waals surface area contributed by atoms with Crippen LogP contribution in [0.2, 0.25) is 0 Å². The Kier molecular flexibility index (Phi) is 6.35. The van der Waals surface area contributed by atoms with Crippen molar-refractivity contribution in [2.75, 3.05) is 12.4 Å². The minimum atomic E-state index is -1.00. The van der Waals surface area contributed by atoms with Crippen molar-refractivity contribution in [2.45, 2.75) is 55.2 Å². The molecule has 5 unspecified atom stereocenters. The monoisotopic (exact) mass is 368 g/mol. The number of carboxylic acids is 1. The van der Waals surface area contributed by atoms with Gasteiger partial charge in [0.05, 0.1) is 18.6 Å². The first-order valence-electron chi connectivity index (χ1n) is 8.61. The van der Waals surface area contributed by atoms with E-state index in [1.807, 2.05) is 24.3 Å². The van der Waals surface area contributed by atoms with E-state index in [2.05, 4.69) is 0 Å². The van der Waals surface area contributed by atoms with Crippen molar-refractivity contribution in [2.24, 2.45) is 5.92 Å². The fraction of sp³-hybridized carbons (Fsp3) is 0.611. The van der Waals surface area contributed by atoms with E-state index in [1.165, 1.54) is 0 Å². The van der Waals surface area contributed by atoms with E-state index in [-0.39, 0.29) is 18.4 Å². The second-order valence-electron chi connectivity index (χ2n) is 6.58. The number of thioether (sulfide) groups is 1. The molecule has 6 nitrogen and oxygen atoms in total. The van der Waals surface area contributed by atoms with Crippen molar-refractivity contribution < 1.29 is 29.6 Å². The van der Waals surface area contributed by atoms with Gasteiger partial charge in [0, 0.05) is 23.2 Å². The minimum Gasteiger partial charge on any atom is -0.481 e. The predicted octanol–water partition coefficient (Wildman–Crippen LogP) is 1.67. The zero-order valence-electron chi connectivity index (χ0n) is 13.9. The number of aliphatic carboxylic acids is 1. The molecule has 0 radical (unpaired) electrons. The maximum Gasteiger partial charge on any atom is 0.307 e. The maximum atomic E-state index is 10.7.